The zero-order valence-electron chi connectivity index (χ0n) is 20.5. The van der Waals surface area contributed by atoms with Crippen LogP contribution >= 0.6 is 11.8 Å². The summed E-state index contributed by atoms with van der Waals surface area (Å²) in [6.45, 7) is 8.79. The number of aryl methyl sites for hydroxylation is 1. The number of aliphatic hydroxyl groups is 1. The molecule has 1 unspecified atom stereocenters. The van der Waals surface area contributed by atoms with Gasteiger partial charge >= 0.3 is 5.97 Å². The van der Waals surface area contributed by atoms with Gasteiger partial charge in [0, 0.05) is 28.5 Å². The Morgan fingerprint density at radius 3 is 2.59 bits per heavy atom. The standard InChI is InChI=1S/C27H35NO5S/c1-15-6-11-20(21-22-23(26(30)31)25(22)33-24(15)21)16(2)32-14-18(29)13-28-27(3,4)12-17-7-9-19(34-5)10-8-17/h6-11,16,18,22-23,25,28-29H,12-14H2,1-5H3,(H,30,31)/t16-,18?,22+,23+,25+/m1/s1. The third kappa shape index (κ3) is 5.28. The highest BCUT2D eigenvalue weighted by atomic mass is 32.2. The van der Waals surface area contributed by atoms with Crippen LogP contribution in [-0.4, -0.2) is 53.3 Å². The average molecular weight is 486 g/mol. The molecular weight excluding hydrogens is 450 g/mol. The number of carboxylic acids is 1. The summed E-state index contributed by atoms with van der Waals surface area (Å²) < 4.78 is 12.0. The van der Waals surface area contributed by atoms with Gasteiger partial charge in [0.05, 0.1) is 18.8 Å². The largest absolute Gasteiger partial charge is 0.488 e. The van der Waals surface area contributed by atoms with Crippen LogP contribution in [-0.2, 0) is 16.0 Å². The molecule has 1 aliphatic heterocycles. The Morgan fingerprint density at radius 2 is 1.94 bits per heavy atom. The third-order valence-electron chi connectivity index (χ3n) is 6.85. The number of aliphatic hydroxyl groups excluding tert-OH is 1. The Morgan fingerprint density at radius 1 is 1.24 bits per heavy atom. The fourth-order valence-electron chi connectivity index (χ4n) is 4.90. The highest BCUT2D eigenvalue weighted by Gasteiger charge is 2.64. The predicted octanol–water partition coefficient (Wildman–Crippen LogP) is 4.33. The van der Waals surface area contributed by atoms with Gasteiger partial charge in [-0.05, 0) is 69.2 Å². The monoisotopic (exact) mass is 485 g/mol. The molecule has 1 saturated carbocycles. The minimum Gasteiger partial charge on any atom is -0.488 e. The quantitative estimate of drug-likeness (QED) is 0.409. The summed E-state index contributed by atoms with van der Waals surface area (Å²) in [5, 5.41) is 23.5. The van der Waals surface area contributed by atoms with Gasteiger partial charge in [-0.15, -0.1) is 11.8 Å². The van der Waals surface area contributed by atoms with Crippen LogP contribution in [0.15, 0.2) is 41.3 Å². The van der Waals surface area contributed by atoms with Crippen molar-refractivity contribution in [2.24, 2.45) is 5.92 Å². The van der Waals surface area contributed by atoms with Crippen LogP contribution in [0.1, 0.15) is 55.0 Å². The molecule has 0 amide bonds. The summed E-state index contributed by atoms with van der Waals surface area (Å²) in [6, 6.07) is 12.6. The van der Waals surface area contributed by atoms with Crippen LogP contribution in [0.4, 0.5) is 0 Å². The second kappa shape index (κ2) is 9.90. The molecule has 1 heterocycles. The van der Waals surface area contributed by atoms with E-state index in [0.29, 0.717) is 6.54 Å². The van der Waals surface area contributed by atoms with E-state index in [1.54, 1.807) is 11.8 Å². The van der Waals surface area contributed by atoms with E-state index in [1.165, 1.54) is 10.5 Å². The van der Waals surface area contributed by atoms with Gasteiger partial charge in [0.1, 0.15) is 17.8 Å². The molecular formula is C27H35NO5S. The van der Waals surface area contributed by atoms with Crippen molar-refractivity contribution >= 4 is 17.7 Å². The minimum atomic E-state index is -0.814. The molecule has 2 aromatic carbocycles. The number of hydrogen-bond acceptors (Lipinski definition) is 6. The smallest absolute Gasteiger partial charge is 0.311 e. The van der Waals surface area contributed by atoms with E-state index in [0.717, 1.165) is 28.9 Å². The Bertz CT molecular complexity index is 1040. The lowest BCUT2D eigenvalue weighted by molar-refractivity contribution is -0.139. The molecule has 4 rings (SSSR count). The molecule has 0 saturated heterocycles. The summed E-state index contributed by atoms with van der Waals surface area (Å²) in [5.74, 6) is -0.596. The Labute approximate surface area is 206 Å². The molecule has 5 atom stereocenters. The van der Waals surface area contributed by atoms with Crippen molar-refractivity contribution in [3.8, 4) is 5.75 Å². The van der Waals surface area contributed by atoms with Crippen molar-refractivity contribution in [1.29, 1.82) is 0 Å². The van der Waals surface area contributed by atoms with Crippen LogP contribution in [0.5, 0.6) is 5.75 Å². The molecule has 1 aliphatic carbocycles. The number of nitrogens with one attached hydrogen (secondary N) is 1. The average Bonchev–Trinajstić information content (AvgIpc) is 3.38. The first-order chi connectivity index (χ1) is 16.1. The topological polar surface area (TPSA) is 88.0 Å². The van der Waals surface area contributed by atoms with E-state index in [9.17, 15) is 15.0 Å². The molecule has 2 aliphatic rings. The molecule has 1 fully saturated rings. The van der Waals surface area contributed by atoms with Gasteiger partial charge in [-0.3, -0.25) is 4.79 Å². The van der Waals surface area contributed by atoms with Crippen LogP contribution in [0.25, 0.3) is 0 Å². The minimum absolute atomic E-state index is 0.106. The van der Waals surface area contributed by atoms with Crippen molar-refractivity contribution in [2.75, 3.05) is 19.4 Å². The number of carboxylic acid groups (broad SMARTS) is 1. The lowest BCUT2D eigenvalue weighted by Gasteiger charge is -2.28. The number of aliphatic carboxylic acids is 1. The lowest BCUT2D eigenvalue weighted by atomic mass is 9.94. The molecule has 0 aromatic heterocycles. The number of rotatable bonds is 11. The van der Waals surface area contributed by atoms with E-state index in [2.05, 4.69) is 49.7 Å². The number of benzene rings is 2. The maximum absolute atomic E-state index is 11.5. The summed E-state index contributed by atoms with van der Waals surface area (Å²) in [4.78, 5) is 12.8. The van der Waals surface area contributed by atoms with Crippen LogP contribution in [0.2, 0.25) is 0 Å². The number of carbonyl (C=O) groups is 1. The van der Waals surface area contributed by atoms with Crippen LogP contribution in [0, 0.1) is 12.8 Å². The maximum atomic E-state index is 11.5. The second-order valence-electron chi connectivity index (χ2n) is 10.1. The number of β-amino-alcohol motifs (C(OH)–C–C–N with tert-alkyl or cyclic N) is 1. The van der Waals surface area contributed by atoms with Crippen molar-refractivity contribution in [3.63, 3.8) is 0 Å². The summed E-state index contributed by atoms with van der Waals surface area (Å²) in [5.41, 5.74) is 4.01. The van der Waals surface area contributed by atoms with Gasteiger partial charge in [0.25, 0.3) is 0 Å². The van der Waals surface area contributed by atoms with E-state index >= 15 is 0 Å². The second-order valence-corrected chi connectivity index (χ2v) is 11.0. The molecule has 6 nitrogen and oxygen atoms in total. The van der Waals surface area contributed by atoms with Crippen molar-refractivity contribution in [2.45, 2.75) is 68.8 Å². The van der Waals surface area contributed by atoms with Crippen molar-refractivity contribution in [1.82, 2.24) is 5.32 Å². The molecule has 0 spiro atoms. The molecule has 2 aromatic rings. The molecule has 3 N–H and O–H groups in total. The summed E-state index contributed by atoms with van der Waals surface area (Å²) in [7, 11) is 0. The molecule has 184 valence electrons. The number of thioether (sulfide) groups is 1. The molecule has 7 heteroatoms. The Hall–Kier alpha value is -2.06. The Kier molecular flexibility index (Phi) is 7.29. The first-order valence-corrected chi connectivity index (χ1v) is 13.0. The van der Waals surface area contributed by atoms with Crippen molar-refractivity contribution in [3.05, 3.63) is 58.7 Å². The van der Waals surface area contributed by atoms with Gasteiger partial charge < -0.3 is 25.0 Å². The first-order valence-electron chi connectivity index (χ1n) is 11.8. The Balaban J connectivity index is 1.30. The van der Waals surface area contributed by atoms with Gasteiger partial charge in [-0.2, -0.15) is 0 Å². The van der Waals surface area contributed by atoms with Crippen molar-refractivity contribution < 1.29 is 24.5 Å². The van der Waals surface area contributed by atoms with Gasteiger partial charge in [0.2, 0.25) is 0 Å². The summed E-state index contributed by atoms with van der Waals surface area (Å²) in [6.07, 6.45) is 1.72. The fraction of sp³-hybridized carbons (Fsp3) is 0.519. The van der Waals surface area contributed by atoms with Gasteiger partial charge in [-0.25, -0.2) is 0 Å². The number of fused-ring (bicyclic) bond motifs is 3. The van der Waals surface area contributed by atoms with E-state index in [4.69, 9.17) is 9.47 Å². The zero-order valence-corrected chi connectivity index (χ0v) is 21.3. The zero-order chi connectivity index (χ0) is 24.6. The van der Waals surface area contributed by atoms with E-state index in [1.807, 2.05) is 26.0 Å². The third-order valence-corrected chi connectivity index (χ3v) is 7.59. The lowest BCUT2D eigenvalue weighted by Crippen LogP contribution is -2.46. The highest BCUT2D eigenvalue weighted by Crippen LogP contribution is 2.61. The number of hydrogen-bond donors (Lipinski definition) is 3. The highest BCUT2D eigenvalue weighted by molar-refractivity contribution is 7.98. The maximum Gasteiger partial charge on any atom is 0.311 e. The first kappa shape index (κ1) is 25.0. The van der Waals surface area contributed by atoms with Gasteiger partial charge in [-0.1, -0.05) is 24.3 Å². The van der Waals surface area contributed by atoms with Gasteiger partial charge in [0.15, 0.2) is 0 Å². The molecule has 0 radical (unpaired) electrons. The predicted molar refractivity (Wildman–Crippen MR) is 134 cm³/mol. The van der Waals surface area contributed by atoms with Crippen LogP contribution < -0.4 is 10.1 Å². The van der Waals surface area contributed by atoms with E-state index in [-0.39, 0.29) is 30.3 Å². The molecule has 0 bridgehead atoms. The number of ether oxygens (including phenoxy) is 2. The summed E-state index contributed by atoms with van der Waals surface area (Å²) >= 11 is 1.73. The van der Waals surface area contributed by atoms with E-state index < -0.39 is 18.0 Å². The van der Waals surface area contributed by atoms with Crippen LogP contribution in [0.3, 0.4) is 0 Å². The normalized spacial score (nSPS) is 22.5. The SMILES string of the molecule is CSc1ccc(CC(C)(C)NCC(O)CO[C@H](C)c2ccc(C)c3c2[C@@H]2[C@H](O3)[C@H]2C(=O)O)cc1. The fourth-order valence-corrected chi connectivity index (χ4v) is 5.30. The molecule has 34 heavy (non-hydrogen) atoms.